The van der Waals surface area contributed by atoms with Gasteiger partial charge in [0.05, 0.1) is 0 Å². The van der Waals surface area contributed by atoms with E-state index in [1.165, 1.54) is 11.1 Å². The Morgan fingerprint density at radius 2 is 1.71 bits per heavy atom. The number of benzene rings is 2. The Kier molecular flexibility index (Phi) is 4.41. The van der Waals surface area contributed by atoms with Gasteiger partial charge in [-0.25, -0.2) is 0 Å². The van der Waals surface area contributed by atoms with Gasteiger partial charge in [-0.2, -0.15) is 0 Å². The monoisotopic (exact) mass is 283 g/mol. The molecule has 0 aromatic heterocycles. The summed E-state index contributed by atoms with van der Waals surface area (Å²) in [4.78, 5) is 0. The van der Waals surface area contributed by atoms with E-state index >= 15 is 0 Å². The van der Waals surface area contributed by atoms with Crippen LogP contribution in [0.15, 0.2) is 48.5 Å². The number of ether oxygens (including phenoxy) is 2. The fraction of sp³-hybridized carbons (Fsp3) is 0.333. The number of nitrogens with one attached hydrogen (secondary N) is 1. The summed E-state index contributed by atoms with van der Waals surface area (Å²) >= 11 is 0. The fourth-order valence-corrected chi connectivity index (χ4v) is 2.53. The molecule has 3 nitrogen and oxygen atoms in total. The lowest BCUT2D eigenvalue weighted by atomic mass is 10.1. The summed E-state index contributed by atoms with van der Waals surface area (Å²) in [5.41, 5.74) is 2.58. The number of hydrogen-bond acceptors (Lipinski definition) is 3. The molecular weight excluding hydrogens is 262 g/mol. The van der Waals surface area contributed by atoms with Crippen LogP contribution in [0.4, 0.5) is 0 Å². The molecule has 2 aromatic rings. The van der Waals surface area contributed by atoms with Crippen molar-refractivity contribution in [2.24, 2.45) is 0 Å². The summed E-state index contributed by atoms with van der Waals surface area (Å²) < 4.78 is 11.2. The van der Waals surface area contributed by atoms with Crippen LogP contribution in [-0.4, -0.2) is 19.3 Å². The maximum Gasteiger partial charge on any atom is 0.161 e. The van der Waals surface area contributed by atoms with Gasteiger partial charge in [0.1, 0.15) is 13.2 Å². The van der Waals surface area contributed by atoms with E-state index in [0.717, 1.165) is 24.5 Å². The van der Waals surface area contributed by atoms with Gasteiger partial charge in [-0.15, -0.1) is 0 Å². The average Bonchev–Trinajstić information content (AvgIpc) is 2.54. The van der Waals surface area contributed by atoms with Gasteiger partial charge in [-0.1, -0.05) is 36.4 Å². The zero-order valence-electron chi connectivity index (χ0n) is 12.3. The first-order chi connectivity index (χ1) is 10.3. The van der Waals surface area contributed by atoms with Crippen LogP contribution in [-0.2, 0) is 13.0 Å². The second-order valence-corrected chi connectivity index (χ2v) is 5.45. The van der Waals surface area contributed by atoms with Crippen LogP contribution in [0, 0.1) is 0 Å². The van der Waals surface area contributed by atoms with E-state index in [-0.39, 0.29) is 0 Å². The molecule has 0 bridgehead atoms. The van der Waals surface area contributed by atoms with Crippen LogP contribution in [0.1, 0.15) is 18.1 Å². The van der Waals surface area contributed by atoms with E-state index in [1.54, 1.807) is 0 Å². The maximum absolute atomic E-state index is 5.63. The predicted molar refractivity (Wildman–Crippen MR) is 83.9 cm³/mol. The molecule has 3 heteroatoms. The number of fused-ring (bicyclic) bond motifs is 1. The van der Waals surface area contributed by atoms with Crippen molar-refractivity contribution < 1.29 is 9.47 Å². The van der Waals surface area contributed by atoms with E-state index < -0.39 is 0 Å². The van der Waals surface area contributed by atoms with Crippen molar-refractivity contribution in [1.82, 2.24) is 5.32 Å². The van der Waals surface area contributed by atoms with Crippen LogP contribution in [0.25, 0.3) is 0 Å². The van der Waals surface area contributed by atoms with Crippen LogP contribution >= 0.6 is 0 Å². The van der Waals surface area contributed by atoms with E-state index in [0.29, 0.717) is 19.3 Å². The van der Waals surface area contributed by atoms with Crippen molar-refractivity contribution >= 4 is 0 Å². The molecule has 1 aliphatic rings. The minimum absolute atomic E-state index is 0.410. The molecule has 0 aliphatic carbocycles. The van der Waals surface area contributed by atoms with Gasteiger partial charge in [0.15, 0.2) is 11.5 Å². The lowest BCUT2D eigenvalue weighted by Crippen LogP contribution is -2.27. The summed E-state index contributed by atoms with van der Waals surface area (Å²) in [5, 5.41) is 3.56. The van der Waals surface area contributed by atoms with Crippen molar-refractivity contribution in [2.45, 2.75) is 25.9 Å². The van der Waals surface area contributed by atoms with Gasteiger partial charge in [-0.05, 0) is 36.6 Å². The molecule has 0 fully saturated rings. The summed E-state index contributed by atoms with van der Waals surface area (Å²) in [6.07, 6.45) is 0.976. The number of hydrogen-bond donors (Lipinski definition) is 1. The van der Waals surface area contributed by atoms with Gasteiger partial charge < -0.3 is 14.8 Å². The fourth-order valence-electron chi connectivity index (χ4n) is 2.53. The van der Waals surface area contributed by atoms with Gasteiger partial charge in [0, 0.05) is 12.6 Å². The van der Waals surface area contributed by atoms with Gasteiger partial charge >= 0.3 is 0 Å². The molecule has 1 heterocycles. The Morgan fingerprint density at radius 1 is 0.952 bits per heavy atom. The third-order valence-electron chi connectivity index (χ3n) is 3.65. The van der Waals surface area contributed by atoms with E-state index in [4.69, 9.17) is 9.47 Å². The molecule has 0 radical (unpaired) electrons. The summed E-state index contributed by atoms with van der Waals surface area (Å²) in [6, 6.07) is 17.1. The second kappa shape index (κ2) is 6.64. The normalized spacial score (nSPS) is 14.7. The molecule has 0 spiro atoms. The molecule has 21 heavy (non-hydrogen) atoms. The third-order valence-corrected chi connectivity index (χ3v) is 3.65. The van der Waals surface area contributed by atoms with E-state index in [1.807, 2.05) is 12.1 Å². The molecule has 1 aliphatic heterocycles. The zero-order chi connectivity index (χ0) is 14.5. The summed E-state index contributed by atoms with van der Waals surface area (Å²) in [5.74, 6) is 1.73. The molecule has 0 saturated carbocycles. The minimum Gasteiger partial charge on any atom is -0.486 e. The first kappa shape index (κ1) is 14.0. The van der Waals surface area contributed by atoms with Crippen molar-refractivity contribution in [3.63, 3.8) is 0 Å². The molecular formula is C18H21NO2. The number of rotatable bonds is 5. The highest BCUT2D eigenvalue weighted by atomic mass is 16.6. The Morgan fingerprint density at radius 3 is 2.52 bits per heavy atom. The zero-order valence-corrected chi connectivity index (χ0v) is 12.3. The van der Waals surface area contributed by atoms with Crippen molar-refractivity contribution in [2.75, 3.05) is 13.2 Å². The van der Waals surface area contributed by atoms with Crippen LogP contribution in [0.5, 0.6) is 11.5 Å². The average molecular weight is 283 g/mol. The van der Waals surface area contributed by atoms with Crippen molar-refractivity contribution in [1.29, 1.82) is 0 Å². The summed E-state index contributed by atoms with van der Waals surface area (Å²) in [7, 11) is 0. The van der Waals surface area contributed by atoms with E-state index in [9.17, 15) is 0 Å². The smallest absolute Gasteiger partial charge is 0.161 e. The Bertz CT molecular complexity index is 583. The summed E-state index contributed by atoms with van der Waals surface area (Å²) in [6.45, 7) is 4.38. The molecule has 1 atom stereocenters. The predicted octanol–water partition coefficient (Wildman–Crippen LogP) is 3.18. The molecule has 1 unspecified atom stereocenters. The highest BCUT2D eigenvalue weighted by Crippen LogP contribution is 2.31. The largest absolute Gasteiger partial charge is 0.486 e. The standard InChI is InChI=1S/C18H21NO2/c1-14(19-13-15-5-3-2-4-6-15)11-16-7-8-17-18(12-16)21-10-9-20-17/h2-8,12,14,19H,9-11,13H2,1H3. The van der Waals surface area contributed by atoms with Gasteiger partial charge in [-0.3, -0.25) is 0 Å². The molecule has 2 aromatic carbocycles. The lowest BCUT2D eigenvalue weighted by Gasteiger charge is -2.20. The Labute approximate surface area is 125 Å². The first-order valence-electron chi connectivity index (χ1n) is 7.47. The molecule has 3 rings (SSSR count). The SMILES string of the molecule is CC(Cc1ccc2c(c1)OCCO2)NCc1ccccc1. The van der Waals surface area contributed by atoms with Crippen LogP contribution in [0.2, 0.25) is 0 Å². The maximum atomic E-state index is 5.63. The minimum atomic E-state index is 0.410. The lowest BCUT2D eigenvalue weighted by molar-refractivity contribution is 0.171. The molecule has 1 N–H and O–H groups in total. The molecule has 110 valence electrons. The van der Waals surface area contributed by atoms with Gasteiger partial charge in [0.25, 0.3) is 0 Å². The first-order valence-corrected chi connectivity index (χ1v) is 7.47. The Balaban J connectivity index is 1.56. The van der Waals surface area contributed by atoms with Gasteiger partial charge in [0.2, 0.25) is 0 Å². The molecule has 0 saturated heterocycles. The topological polar surface area (TPSA) is 30.5 Å². The van der Waals surface area contributed by atoms with Crippen molar-refractivity contribution in [3.8, 4) is 11.5 Å². The van der Waals surface area contributed by atoms with Crippen LogP contribution in [0.3, 0.4) is 0 Å². The third kappa shape index (κ3) is 3.76. The van der Waals surface area contributed by atoms with E-state index in [2.05, 4.69) is 48.6 Å². The van der Waals surface area contributed by atoms with Crippen molar-refractivity contribution in [3.05, 3.63) is 59.7 Å². The highest BCUT2D eigenvalue weighted by molar-refractivity contribution is 5.44. The highest BCUT2D eigenvalue weighted by Gasteiger charge is 2.12. The van der Waals surface area contributed by atoms with Crippen LogP contribution < -0.4 is 14.8 Å². The quantitative estimate of drug-likeness (QED) is 0.914. The second-order valence-electron chi connectivity index (χ2n) is 5.45. The Hall–Kier alpha value is -2.00. The molecule has 0 amide bonds.